The summed E-state index contributed by atoms with van der Waals surface area (Å²) < 4.78 is 7.29. The Morgan fingerprint density at radius 3 is 2.45 bits per heavy atom. The van der Waals surface area contributed by atoms with Crippen LogP contribution in [0.25, 0.3) is 0 Å². The second-order valence-electron chi connectivity index (χ2n) is 5.10. The van der Waals surface area contributed by atoms with Gasteiger partial charge in [0, 0.05) is 18.7 Å². The highest BCUT2D eigenvalue weighted by Crippen LogP contribution is 2.21. The lowest BCUT2D eigenvalue weighted by atomic mass is 10.1. The smallest absolute Gasteiger partial charge is 0.119 e. The third-order valence-electron chi connectivity index (χ3n) is 3.17. The van der Waals surface area contributed by atoms with Crippen LogP contribution in [-0.4, -0.2) is 21.5 Å². The summed E-state index contributed by atoms with van der Waals surface area (Å²) in [5.41, 5.74) is 1.78. The van der Waals surface area contributed by atoms with Crippen molar-refractivity contribution in [3.8, 4) is 5.75 Å². The number of rotatable bonds is 6. The Morgan fingerprint density at radius 2 is 1.90 bits per heavy atom. The molecule has 1 heterocycles. The van der Waals surface area contributed by atoms with Gasteiger partial charge in [-0.25, -0.2) is 0 Å². The fraction of sp³-hybridized carbons (Fsp3) is 0.438. The first-order valence-electron chi connectivity index (χ1n) is 7.05. The molecule has 0 saturated heterocycles. The SMILES string of the molecule is CCOc1ccc(C(O)Cc2ccn(C(C)C)n2)cc1. The first kappa shape index (κ1) is 14.6. The van der Waals surface area contributed by atoms with Crippen LogP contribution in [0, 0.1) is 0 Å². The van der Waals surface area contributed by atoms with Gasteiger partial charge in [0.1, 0.15) is 5.75 Å². The number of benzene rings is 1. The van der Waals surface area contributed by atoms with Crippen molar-refractivity contribution in [2.24, 2.45) is 0 Å². The van der Waals surface area contributed by atoms with Crippen LogP contribution >= 0.6 is 0 Å². The first-order chi connectivity index (χ1) is 9.60. The minimum Gasteiger partial charge on any atom is -0.494 e. The van der Waals surface area contributed by atoms with E-state index in [4.69, 9.17) is 4.74 Å². The van der Waals surface area contributed by atoms with Gasteiger partial charge in [-0.1, -0.05) is 12.1 Å². The lowest BCUT2D eigenvalue weighted by molar-refractivity contribution is 0.176. The van der Waals surface area contributed by atoms with Crippen LogP contribution in [-0.2, 0) is 6.42 Å². The summed E-state index contributed by atoms with van der Waals surface area (Å²) in [5, 5.41) is 14.7. The molecule has 20 heavy (non-hydrogen) atoms. The molecular formula is C16H22N2O2. The van der Waals surface area contributed by atoms with Gasteiger partial charge in [-0.15, -0.1) is 0 Å². The van der Waals surface area contributed by atoms with E-state index in [1.54, 1.807) is 0 Å². The van der Waals surface area contributed by atoms with Crippen LogP contribution in [0.3, 0.4) is 0 Å². The molecule has 4 heteroatoms. The Kier molecular flexibility index (Phi) is 4.79. The molecule has 108 valence electrons. The Labute approximate surface area is 120 Å². The number of aromatic nitrogens is 2. The molecule has 0 amide bonds. The largest absolute Gasteiger partial charge is 0.494 e. The van der Waals surface area contributed by atoms with Gasteiger partial charge in [-0.05, 0) is 44.5 Å². The molecule has 2 rings (SSSR count). The summed E-state index contributed by atoms with van der Waals surface area (Å²) in [6.45, 7) is 6.77. The molecule has 0 aliphatic heterocycles. The van der Waals surface area contributed by atoms with Crippen molar-refractivity contribution in [3.05, 3.63) is 47.8 Å². The summed E-state index contributed by atoms with van der Waals surface area (Å²) in [6.07, 6.45) is 1.93. The maximum atomic E-state index is 10.3. The van der Waals surface area contributed by atoms with E-state index in [1.807, 2.05) is 48.1 Å². The van der Waals surface area contributed by atoms with Crippen LogP contribution < -0.4 is 4.74 Å². The number of ether oxygens (including phenoxy) is 1. The third kappa shape index (κ3) is 3.61. The van der Waals surface area contributed by atoms with Crippen molar-refractivity contribution >= 4 is 0 Å². The maximum absolute atomic E-state index is 10.3. The number of aliphatic hydroxyl groups is 1. The zero-order valence-corrected chi connectivity index (χ0v) is 12.3. The maximum Gasteiger partial charge on any atom is 0.119 e. The standard InChI is InChI=1S/C16H22N2O2/c1-4-20-15-7-5-13(6-8-15)16(19)11-14-9-10-18(17-14)12(2)3/h5-10,12,16,19H,4,11H2,1-3H3. The van der Waals surface area contributed by atoms with Gasteiger partial charge in [0.25, 0.3) is 0 Å². The molecular weight excluding hydrogens is 252 g/mol. The van der Waals surface area contributed by atoms with Gasteiger partial charge in [-0.3, -0.25) is 4.68 Å². The van der Waals surface area contributed by atoms with E-state index in [1.165, 1.54) is 0 Å². The van der Waals surface area contributed by atoms with Crippen LogP contribution in [0.4, 0.5) is 0 Å². The van der Waals surface area contributed by atoms with E-state index >= 15 is 0 Å². The molecule has 0 fully saturated rings. The van der Waals surface area contributed by atoms with Crippen molar-refractivity contribution in [2.45, 2.75) is 39.3 Å². The fourth-order valence-corrected chi connectivity index (χ4v) is 2.04. The average Bonchev–Trinajstić information content (AvgIpc) is 2.88. The zero-order valence-electron chi connectivity index (χ0n) is 12.3. The molecule has 0 radical (unpaired) electrons. The van der Waals surface area contributed by atoms with Crippen LogP contribution in [0.2, 0.25) is 0 Å². The summed E-state index contributed by atoms with van der Waals surface area (Å²) in [6, 6.07) is 9.86. The van der Waals surface area contributed by atoms with Crippen molar-refractivity contribution < 1.29 is 9.84 Å². The van der Waals surface area contributed by atoms with Crippen molar-refractivity contribution in [1.29, 1.82) is 0 Å². The summed E-state index contributed by atoms with van der Waals surface area (Å²) in [7, 11) is 0. The Bertz CT molecular complexity index is 532. The number of nitrogens with zero attached hydrogens (tertiary/aromatic N) is 2. The first-order valence-corrected chi connectivity index (χ1v) is 7.05. The molecule has 1 unspecified atom stereocenters. The highest BCUT2D eigenvalue weighted by atomic mass is 16.5. The summed E-state index contributed by atoms with van der Waals surface area (Å²) in [4.78, 5) is 0. The Balaban J connectivity index is 2.01. The highest BCUT2D eigenvalue weighted by Gasteiger charge is 2.11. The molecule has 1 aromatic heterocycles. The molecule has 1 atom stereocenters. The van der Waals surface area contributed by atoms with Gasteiger partial charge < -0.3 is 9.84 Å². The minimum atomic E-state index is -0.541. The van der Waals surface area contributed by atoms with E-state index in [-0.39, 0.29) is 0 Å². The zero-order chi connectivity index (χ0) is 14.5. The van der Waals surface area contributed by atoms with E-state index in [0.717, 1.165) is 17.0 Å². The van der Waals surface area contributed by atoms with E-state index in [9.17, 15) is 5.11 Å². The minimum absolute atomic E-state index is 0.339. The normalized spacial score (nSPS) is 12.7. The Hall–Kier alpha value is -1.81. The van der Waals surface area contributed by atoms with E-state index in [2.05, 4.69) is 18.9 Å². The Morgan fingerprint density at radius 1 is 1.20 bits per heavy atom. The fourth-order valence-electron chi connectivity index (χ4n) is 2.04. The number of hydrogen-bond acceptors (Lipinski definition) is 3. The second-order valence-corrected chi connectivity index (χ2v) is 5.10. The predicted molar refractivity (Wildman–Crippen MR) is 78.9 cm³/mol. The lowest BCUT2D eigenvalue weighted by Crippen LogP contribution is -2.05. The molecule has 2 aromatic rings. The second kappa shape index (κ2) is 6.57. The van der Waals surface area contributed by atoms with E-state index in [0.29, 0.717) is 19.1 Å². The van der Waals surface area contributed by atoms with Gasteiger partial charge >= 0.3 is 0 Å². The van der Waals surface area contributed by atoms with Gasteiger partial charge in [0.2, 0.25) is 0 Å². The topological polar surface area (TPSA) is 47.3 Å². The van der Waals surface area contributed by atoms with Gasteiger partial charge in [0.15, 0.2) is 0 Å². The highest BCUT2D eigenvalue weighted by molar-refractivity contribution is 5.29. The molecule has 0 aliphatic rings. The average molecular weight is 274 g/mol. The third-order valence-corrected chi connectivity index (χ3v) is 3.17. The monoisotopic (exact) mass is 274 g/mol. The number of hydrogen-bond donors (Lipinski definition) is 1. The van der Waals surface area contributed by atoms with Gasteiger partial charge in [0.05, 0.1) is 18.4 Å². The van der Waals surface area contributed by atoms with Crippen molar-refractivity contribution in [1.82, 2.24) is 9.78 Å². The van der Waals surface area contributed by atoms with Crippen LogP contribution in [0.15, 0.2) is 36.5 Å². The van der Waals surface area contributed by atoms with Crippen molar-refractivity contribution in [2.75, 3.05) is 6.61 Å². The van der Waals surface area contributed by atoms with E-state index < -0.39 is 6.10 Å². The molecule has 0 spiro atoms. The molecule has 0 bridgehead atoms. The molecule has 4 nitrogen and oxygen atoms in total. The quantitative estimate of drug-likeness (QED) is 0.880. The molecule has 1 N–H and O–H groups in total. The predicted octanol–water partition coefficient (Wildman–Crippen LogP) is 3.14. The van der Waals surface area contributed by atoms with Gasteiger partial charge in [-0.2, -0.15) is 5.10 Å². The lowest BCUT2D eigenvalue weighted by Gasteiger charge is -2.11. The van der Waals surface area contributed by atoms with Crippen molar-refractivity contribution in [3.63, 3.8) is 0 Å². The van der Waals surface area contributed by atoms with Crippen LogP contribution in [0.1, 0.15) is 44.2 Å². The molecule has 0 saturated carbocycles. The molecule has 1 aromatic carbocycles. The number of aliphatic hydroxyl groups excluding tert-OH is 1. The molecule has 0 aliphatic carbocycles. The summed E-state index contributed by atoms with van der Waals surface area (Å²) in [5.74, 6) is 0.826. The summed E-state index contributed by atoms with van der Waals surface area (Å²) >= 11 is 0. The van der Waals surface area contributed by atoms with Crippen LogP contribution in [0.5, 0.6) is 5.75 Å².